The second-order valence-corrected chi connectivity index (χ2v) is 5.23. The van der Waals surface area contributed by atoms with E-state index in [1.165, 1.54) is 5.56 Å². The van der Waals surface area contributed by atoms with Crippen LogP contribution in [0.4, 0.5) is 0 Å². The minimum absolute atomic E-state index is 0. The third kappa shape index (κ3) is 5.88. The van der Waals surface area contributed by atoms with Crippen LogP contribution in [0.25, 0.3) is 0 Å². The van der Waals surface area contributed by atoms with Gasteiger partial charge in [0.25, 0.3) is 0 Å². The first-order chi connectivity index (χ1) is 9.77. The molecule has 2 aromatic rings. The van der Waals surface area contributed by atoms with Crippen molar-refractivity contribution in [3.8, 4) is 0 Å². The van der Waals surface area contributed by atoms with E-state index in [-0.39, 0.29) is 12.4 Å². The van der Waals surface area contributed by atoms with Crippen LogP contribution in [0, 0.1) is 0 Å². The molecular weight excluding hydrogens is 282 g/mol. The Morgan fingerprint density at radius 1 is 0.905 bits per heavy atom. The highest BCUT2D eigenvalue weighted by Crippen LogP contribution is 2.17. The summed E-state index contributed by atoms with van der Waals surface area (Å²) in [6, 6.07) is 20.3. The zero-order chi connectivity index (χ0) is 14.2. The van der Waals surface area contributed by atoms with Gasteiger partial charge in [-0.05, 0) is 30.0 Å². The van der Waals surface area contributed by atoms with Crippen molar-refractivity contribution in [3.05, 3.63) is 71.8 Å². The summed E-state index contributed by atoms with van der Waals surface area (Å²) in [6.45, 7) is 3.76. The van der Waals surface area contributed by atoms with E-state index in [0.29, 0.717) is 12.5 Å². The predicted octanol–water partition coefficient (Wildman–Crippen LogP) is 3.93. The molecule has 0 heterocycles. The van der Waals surface area contributed by atoms with Crippen LogP contribution >= 0.6 is 12.4 Å². The molecule has 2 N–H and O–H groups in total. The zero-order valence-electron chi connectivity index (χ0n) is 12.4. The summed E-state index contributed by atoms with van der Waals surface area (Å²) < 4.78 is 0. The molecule has 0 aliphatic carbocycles. The van der Waals surface area contributed by atoms with Crippen LogP contribution in [0.5, 0.6) is 0 Å². The van der Waals surface area contributed by atoms with Crippen molar-refractivity contribution in [2.45, 2.75) is 25.4 Å². The molecule has 2 nitrogen and oxygen atoms in total. The highest BCUT2D eigenvalue weighted by molar-refractivity contribution is 5.85. The largest absolute Gasteiger partial charge is 0.387 e. The van der Waals surface area contributed by atoms with E-state index < -0.39 is 6.10 Å². The minimum Gasteiger partial charge on any atom is -0.387 e. The summed E-state index contributed by atoms with van der Waals surface area (Å²) in [5, 5.41) is 13.4. The van der Waals surface area contributed by atoms with Gasteiger partial charge in [0.1, 0.15) is 0 Å². The van der Waals surface area contributed by atoms with Crippen molar-refractivity contribution in [2.24, 2.45) is 0 Å². The molecule has 0 spiro atoms. The fourth-order valence-corrected chi connectivity index (χ4v) is 2.30. The van der Waals surface area contributed by atoms with Gasteiger partial charge in [0.05, 0.1) is 6.10 Å². The van der Waals surface area contributed by atoms with Crippen molar-refractivity contribution in [2.75, 3.05) is 13.1 Å². The number of nitrogens with one attached hydrogen (secondary N) is 1. The number of aliphatic hydroxyl groups excluding tert-OH is 1. The highest BCUT2D eigenvalue weighted by atomic mass is 35.5. The molecule has 3 heteroatoms. The van der Waals surface area contributed by atoms with Gasteiger partial charge in [-0.2, -0.15) is 0 Å². The molecule has 0 fully saturated rings. The van der Waals surface area contributed by atoms with E-state index in [9.17, 15) is 5.11 Å². The van der Waals surface area contributed by atoms with Crippen LogP contribution in [0.1, 0.15) is 36.5 Å². The van der Waals surface area contributed by atoms with Gasteiger partial charge in [0.15, 0.2) is 0 Å². The van der Waals surface area contributed by atoms with Crippen LogP contribution in [-0.4, -0.2) is 18.2 Å². The highest BCUT2D eigenvalue weighted by Gasteiger charge is 2.07. The maximum atomic E-state index is 10.0. The molecule has 0 aliphatic heterocycles. The first kappa shape index (κ1) is 17.7. The SMILES string of the molecule is C[C@H](CCNCC(O)c1ccccc1)c1ccccc1.Cl. The number of benzene rings is 2. The molecule has 114 valence electrons. The number of rotatable bonds is 7. The van der Waals surface area contributed by atoms with E-state index in [4.69, 9.17) is 0 Å². The number of halogens is 1. The molecule has 2 atom stereocenters. The average molecular weight is 306 g/mol. The Morgan fingerprint density at radius 3 is 2.00 bits per heavy atom. The molecule has 2 rings (SSSR count). The van der Waals surface area contributed by atoms with Gasteiger partial charge in [-0.25, -0.2) is 0 Å². The Balaban J connectivity index is 0.00000220. The van der Waals surface area contributed by atoms with E-state index in [1.54, 1.807) is 0 Å². The third-order valence-corrected chi connectivity index (χ3v) is 3.64. The lowest BCUT2D eigenvalue weighted by Crippen LogP contribution is -2.23. The number of hydrogen-bond donors (Lipinski definition) is 2. The standard InChI is InChI=1S/C18H23NO.ClH/c1-15(16-8-4-2-5-9-16)12-13-19-14-18(20)17-10-6-3-7-11-17;/h2-11,15,18-20H,12-14H2,1H3;1H/t15-,18?;/m1./s1. The molecule has 0 amide bonds. The zero-order valence-corrected chi connectivity index (χ0v) is 13.2. The maximum Gasteiger partial charge on any atom is 0.0914 e. The molecule has 21 heavy (non-hydrogen) atoms. The van der Waals surface area contributed by atoms with Gasteiger partial charge in [-0.15, -0.1) is 12.4 Å². The molecule has 2 aromatic carbocycles. The van der Waals surface area contributed by atoms with E-state index in [1.807, 2.05) is 36.4 Å². The molecule has 0 radical (unpaired) electrons. The van der Waals surface area contributed by atoms with Crippen molar-refractivity contribution >= 4 is 12.4 Å². The Kier molecular flexibility index (Phi) is 8.06. The maximum absolute atomic E-state index is 10.0. The van der Waals surface area contributed by atoms with Crippen LogP contribution < -0.4 is 5.32 Å². The molecule has 0 aliphatic rings. The van der Waals surface area contributed by atoms with Gasteiger partial charge in [-0.3, -0.25) is 0 Å². The summed E-state index contributed by atoms with van der Waals surface area (Å²) >= 11 is 0. The van der Waals surface area contributed by atoms with E-state index in [2.05, 4.69) is 36.5 Å². The summed E-state index contributed by atoms with van der Waals surface area (Å²) in [6.07, 6.45) is 0.647. The van der Waals surface area contributed by atoms with Gasteiger partial charge in [0.2, 0.25) is 0 Å². The molecule has 1 unspecified atom stereocenters. The van der Waals surface area contributed by atoms with Gasteiger partial charge in [-0.1, -0.05) is 67.6 Å². The van der Waals surface area contributed by atoms with Crippen LogP contribution in [0.3, 0.4) is 0 Å². The summed E-state index contributed by atoms with van der Waals surface area (Å²) in [4.78, 5) is 0. The van der Waals surface area contributed by atoms with Crippen molar-refractivity contribution in [1.29, 1.82) is 0 Å². The van der Waals surface area contributed by atoms with Gasteiger partial charge < -0.3 is 10.4 Å². The van der Waals surface area contributed by atoms with E-state index >= 15 is 0 Å². The lowest BCUT2D eigenvalue weighted by Gasteiger charge is -2.15. The van der Waals surface area contributed by atoms with Crippen molar-refractivity contribution < 1.29 is 5.11 Å². The van der Waals surface area contributed by atoms with Crippen LogP contribution in [0.15, 0.2) is 60.7 Å². The monoisotopic (exact) mass is 305 g/mol. The Hall–Kier alpha value is -1.35. The smallest absolute Gasteiger partial charge is 0.0914 e. The predicted molar refractivity (Wildman–Crippen MR) is 91.0 cm³/mol. The lowest BCUT2D eigenvalue weighted by atomic mass is 9.98. The fraction of sp³-hybridized carbons (Fsp3) is 0.333. The van der Waals surface area contributed by atoms with Crippen LogP contribution in [0.2, 0.25) is 0 Å². The van der Waals surface area contributed by atoms with Gasteiger partial charge >= 0.3 is 0 Å². The first-order valence-corrected chi connectivity index (χ1v) is 7.26. The molecule has 0 bridgehead atoms. The first-order valence-electron chi connectivity index (χ1n) is 7.26. The topological polar surface area (TPSA) is 32.3 Å². The van der Waals surface area contributed by atoms with E-state index in [0.717, 1.165) is 18.5 Å². The van der Waals surface area contributed by atoms with Crippen molar-refractivity contribution in [1.82, 2.24) is 5.32 Å². The normalized spacial score (nSPS) is 13.2. The average Bonchev–Trinajstić information content (AvgIpc) is 2.53. The Labute approximate surface area is 133 Å². The summed E-state index contributed by atoms with van der Waals surface area (Å²) in [5.41, 5.74) is 2.34. The lowest BCUT2D eigenvalue weighted by molar-refractivity contribution is 0.174. The summed E-state index contributed by atoms with van der Waals surface area (Å²) in [7, 11) is 0. The molecule has 0 saturated heterocycles. The fourth-order valence-electron chi connectivity index (χ4n) is 2.30. The Bertz CT molecular complexity index is 442. The molecule has 0 aromatic heterocycles. The van der Waals surface area contributed by atoms with Gasteiger partial charge in [0, 0.05) is 6.54 Å². The quantitative estimate of drug-likeness (QED) is 0.760. The number of aliphatic hydroxyl groups is 1. The Morgan fingerprint density at radius 2 is 1.43 bits per heavy atom. The second-order valence-electron chi connectivity index (χ2n) is 5.23. The molecule has 0 saturated carbocycles. The molecular formula is C18H24ClNO. The second kappa shape index (κ2) is 9.56. The third-order valence-electron chi connectivity index (χ3n) is 3.64. The van der Waals surface area contributed by atoms with Crippen molar-refractivity contribution in [3.63, 3.8) is 0 Å². The minimum atomic E-state index is -0.428. The van der Waals surface area contributed by atoms with Crippen LogP contribution in [-0.2, 0) is 0 Å². The summed E-state index contributed by atoms with van der Waals surface area (Å²) in [5.74, 6) is 0.539. The number of hydrogen-bond acceptors (Lipinski definition) is 2.